The van der Waals surface area contributed by atoms with Crippen molar-refractivity contribution in [3.05, 3.63) is 170 Å². The fourth-order valence-corrected chi connectivity index (χ4v) is 6.81. The van der Waals surface area contributed by atoms with E-state index in [1.54, 1.807) is 0 Å². The van der Waals surface area contributed by atoms with Crippen LogP contribution in [0.25, 0.3) is 82.7 Å². The van der Waals surface area contributed by atoms with Crippen LogP contribution in [0.1, 0.15) is 0 Å². The highest BCUT2D eigenvalue weighted by molar-refractivity contribution is 6.11. The second-order valence-electron chi connectivity index (χ2n) is 11.6. The number of hydrogen-bond donors (Lipinski definition) is 0. The zero-order valence-electron chi connectivity index (χ0n) is 24.6. The Kier molecular flexibility index (Phi) is 5.85. The molecule has 0 aliphatic rings. The summed E-state index contributed by atoms with van der Waals surface area (Å²) >= 11 is 0. The molecule has 0 fully saturated rings. The standard InChI is InChI=1S/C43H28N2/c1-2-10-29(11-3-1)33-24-27-42-39(28-33)37-14-7-9-17-41(37)45(42)34-25-22-31(23-26-34)30-18-20-32(21-19-30)43-38-15-5-4-12-35(38)36-13-6-8-16-40(36)44-43/h1-28H. The van der Waals surface area contributed by atoms with Crippen molar-refractivity contribution >= 4 is 43.5 Å². The minimum Gasteiger partial charge on any atom is -0.309 e. The fraction of sp³-hybridized carbons (Fsp3) is 0. The number of fused-ring (bicyclic) bond motifs is 6. The summed E-state index contributed by atoms with van der Waals surface area (Å²) in [5.41, 5.74) is 11.6. The maximum absolute atomic E-state index is 5.09. The molecule has 0 saturated heterocycles. The highest BCUT2D eigenvalue weighted by Gasteiger charge is 2.14. The topological polar surface area (TPSA) is 17.8 Å². The van der Waals surface area contributed by atoms with E-state index in [0.29, 0.717) is 0 Å². The molecule has 0 saturated carbocycles. The van der Waals surface area contributed by atoms with Crippen LogP contribution >= 0.6 is 0 Å². The first-order valence-electron chi connectivity index (χ1n) is 15.4. The van der Waals surface area contributed by atoms with Gasteiger partial charge in [0.25, 0.3) is 0 Å². The summed E-state index contributed by atoms with van der Waals surface area (Å²) in [4.78, 5) is 5.09. The lowest BCUT2D eigenvalue weighted by Crippen LogP contribution is -1.94. The van der Waals surface area contributed by atoms with Crippen molar-refractivity contribution in [3.8, 4) is 39.2 Å². The molecule has 0 N–H and O–H groups in total. The van der Waals surface area contributed by atoms with Crippen LogP contribution in [0.5, 0.6) is 0 Å². The molecule has 2 nitrogen and oxygen atoms in total. The van der Waals surface area contributed by atoms with Gasteiger partial charge in [-0.15, -0.1) is 0 Å². The Morgan fingerprint density at radius 1 is 0.333 bits per heavy atom. The Hall–Kier alpha value is -5.99. The minimum atomic E-state index is 1.02. The van der Waals surface area contributed by atoms with Gasteiger partial charge in [-0.3, -0.25) is 0 Å². The number of aromatic nitrogens is 2. The summed E-state index contributed by atoms with van der Waals surface area (Å²) in [6, 6.07) is 60.8. The van der Waals surface area contributed by atoms with Crippen molar-refractivity contribution in [1.29, 1.82) is 0 Å². The summed E-state index contributed by atoms with van der Waals surface area (Å²) in [7, 11) is 0. The number of rotatable bonds is 4. The van der Waals surface area contributed by atoms with Gasteiger partial charge < -0.3 is 4.57 Å². The van der Waals surface area contributed by atoms with Gasteiger partial charge in [-0.05, 0) is 64.0 Å². The van der Waals surface area contributed by atoms with E-state index in [4.69, 9.17) is 4.98 Å². The van der Waals surface area contributed by atoms with Crippen molar-refractivity contribution in [1.82, 2.24) is 9.55 Å². The number of nitrogens with zero attached hydrogens (tertiary/aromatic N) is 2. The van der Waals surface area contributed by atoms with Gasteiger partial charge in [-0.2, -0.15) is 0 Å². The van der Waals surface area contributed by atoms with Gasteiger partial charge in [0.05, 0.1) is 22.2 Å². The van der Waals surface area contributed by atoms with E-state index in [1.807, 2.05) is 0 Å². The largest absolute Gasteiger partial charge is 0.309 e. The van der Waals surface area contributed by atoms with Crippen molar-refractivity contribution in [3.63, 3.8) is 0 Å². The van der Waals surface area contributed by atoms with E-state index in [0.717, 1.165) is 22.5 Å². The van der Waals surface area contributed by atoms with Gasteiger partial charge in [0.2, 0.25) is 0 Å². The average molecular weight is 573 g/mol. The molecular weight excluding hydrogens is 544 g/mol. The van der Waals surface area contributed by atoms with E-state index < -0.39 is 0 Å². The SMILES string of the molecule is c1ccc(-c2ccc3c(c2)c2ccccc2n3-c2ccc(-c3ccc(-c4nc5ccccc5c5ccccc45)cc3)cc2)cc1. The quantitative estimate of drug-likeness (QED) is 0.192. The van der Waals surface area contributed by atoms with Crippen LogP contribution in [0.3, 0.4) is 0 Å². The summed E-state index contributed by atoms with van der Waals surface area (Å²) in [6.45, 7) is 0. The van der Waals surface area contributed by atoms with E-state index >= 15 is 0 Å². The molecule has 0 aliphatic heterocycles. The van der Waals surface area contributed by atoms with Crippen LogP contribution < -0.4 is 0 Å². The molecule has 210 valence electrons. The highest BCUT2D eigenvalue weighted by atomic mass is 15.0. The summed E-state index contributed by atoms with van der Waals surface area (Å²) < 4.78 is 2.38. The molecule has 9 rings (SSSR count). The van der Waals surface area contributed by atoms with Crippen LogP contribution in [0.4, 0.5) is 0 Å². The zero-order chi connectivity index (χ0) is 29.7. The molecule has 0 spiro atoms. The molecule has 0 amide bonds. The Labute approximate surface area is 261 Å². The van der Waals surface area contributed by atoms with Crippen LogP contribution in [0.15, 0.2) is 170 Å². The Morgan fingerprint density at radius 2 is 0.867 bits per heavy atom. The van der Waals surface area contributed by atoms with Gasteiger partial charge in [0.15, 0.2) is 0 Å². The van der Waals surface area contributed by atoms with Crippen LogP contribution in [0.2, 0.25) is 0 Å². The van der Waals surface area contributed by atoms with Crippen LogP contribution in [-0.2, 0) is 0 Å². The number of hydrogen-bond acceptors (Lipinski definition) is 1. The lowest BCUT2D eigenvalue weighted by Gasteiger charge is -2.12. The molecule has 2 heteroatoms. The maximum atomic E-state index is 5.09. The van der Waals surface area contributed by atoms with Gasteiger partial charge in [-0.1, -0.05) is 133 Å². The van der Waals surface area contributed by atoms with E-state index in [-0.39, 0.29) is 0 Å². The molecule has 2 heterocycles. The van der Waals surface area contributed by atoms with E-state index in [9.17, 15) is 0 Å². The zero-order valence-corrected chi connectivity index (χ0v) is 24.6. The van der Waals surface area contributed by atoms with E-state index in [1.165, 1.54) is 60.2 Å². The Bertz CT molecular complexity index is 2500. The van der Waals surface area contributed by atoms with Crippen molar-refractivity contribution in [2.75, 3.05) is 0 Å². The van der Waals surface area contributed by atoms with E-state index in [2.05, 4.69) is 174 Å². The Balaban J connectivity index is 1.09. The van der Waals surface area contributed by atoms with Crippen LogP contribution in [-0.4, -0.2) is 9.55 Å². The smallest absolute Gasteiger partial charge is 0.0788 e. The molecule has 0 unspecified atom stereocenters. The van der Waals surface area contributed by atoms with Gasteiger partial charge in [0.1, 0.15) is 0 Å². The summed E-state index contributed by atoms with van der Waals surface area (Å²) in [6.07, 6.45) is 0. The monoisotopic (exact) mass is 572 g/mol. The van der Waals surface area contributed by atoms with Gasteiger partial charge in [0, 0.05) is 32.8 Å². The number of pyridine rings is 1. The summed E-state index contributed by atoms with van der Waals surface area (Å²) in [5.74, 6) is 0. The molecule has 9 aromatic rings. The molecule has 45 heavy (non-hydrogen) atoms. The molecule has 7 aromatic carbocycles. The van der Waals surface area contributed by atoms with Gasteiger partial charge in [-0.25, -0.2) is 4.98 Å². The third kappa shape index (κ3) is 4.22. The van der Waals surface area contributed by atoms with Crippen molar-refractivity contribution in [2.24, 2.45) is 0 Å². The summed E-state index contributed by atoms with van der Waals surface area (Å²) in [5, 5.41) is 6.13. The first-order valence-corrected chi connectivity index (χ1v) is 15.4. The van der Waals surface area contributed by atoms with Gasteiger partial charge >= 0.3 is 0 Å². The number of para-hydroxylation sites is 2. The maximum Gasteiger partial charge on any atom is 0.0788 e. The second kappa shape index (κ2) is 10.3. The highest BCUT2D eigenvalue weighted by Crippen LogP contribution is 2.36. The molecule has 0 atom stereocenters. The van der Waals surface area contributed by atoms with Crippen LogP contribution in [0, 0.1) is 0 Å². The average Bonchev–Trinajstić information content (AvgIpc) is 3.45. The normalized spacial score (nSPS) is 11.6. The number of benzene rings is 7. The lowest BCUT2D eigenvalue weighted by molar-refractivity contribution is 1.18. The van der Waals surface area contributed by atoms with Crippen molar-refractivity contribution < 1.29 is 0 Å². The predicted molar refractivity (Wildman–Crippen MR) is 190 cm³/mol. The first kappa shape index (κ1) is 25.5. The second-order valence-corrected chi connectivity index (χ2v) is 11.6. The lowest BCUT2D eigenvalue weighted by atomic mass is 9.98. The van der Waals surface area contributed by atoms with Crippen molar-refractivity contribution in [2.45, 2.75) is 0 Å². The molecule has 2 aromatic heterocycles. The fourth-order valence-electron chi connectivity index (χ4n) is 6.81. The third-order valence-corrected chi connectivity index (χ3v) is 9.01. The molecule has 0 aliphatic carbocycles. The minimum absolute atomic E-state index is 1.02. The first-order chi connectivity index (χ1) is 22.3. The Morgan fingerprint density at radius 3 is 1.64 bits per heavy atom. The molecular formula is C43H28N2. The molecule has 0 radical (unpaired) electrons. The predicted octanol–water partition coefficient (Wildman–Crippen LogP) is 11.5. The third-order valence-electron chi connectivity index (χ3n) is 9.01. The molecule has 0 bridgehead atoms.